The number of amides is 1. The van der Waals surface area contributed by atoms with Gasteiger partial charge in [0.25, 0.3) is 0 Å². The normalized spacial score (nSPS) is 10.5. The molecule has 22 heavy (non-hydrogen) atoms. The van der Waals surface area contributed by atoms with Crippen LogP contribution in [0.1, 0.15) is 6.92 Å². The second kappa shape index (κ2) is 5.77. The van der Waals surface area contributed by atoms with Crippen LogP contribution in [0.15, 0.2) is 54.7 Å². The number of rotatable bonds is 3. The first-order chi connectivity index (χ1) is 10.6. The van der Waals surface area contributed by atoms with Gasteiger partial charge in [-0.25, -0.2) is 9.07 Å². The minimum atomic E-state index is -0.361. The largest absolute Gasteiger partial charge is 0.326 e. The van der Waals surface area contributed by atoms with Crippen LogP contribution in [0.4, 0.5) is 10.1 Å². The molecule has 110 valence electrons. The van der Waals surface area contributed by atoms with Gasteiger partial charge in [0.15, 0.2) is 0 Å². The van der Waals surface area contributed by atoms with Crippen LogP contribution < -0.4 is 5.32 Å². The number of hydrogen-bond donors (Lipinski definition) is 1. The van der Waals surface area contributed by atoms with Crippen molar-refractivity contribution in [2.45, 2.75) is 6.92 Å². The average Bonchev–Trinajstić information content (AvgIpc) is 2.97. The lowest BCUT2D eigenvalue weighted by Crippen LogP contribution is -2.05. The van der Waals surface area contributed by atoms with E-state index in [0.717, 1.165) is 5.56 Å². The molecule has 2 aromatic carbocycles. The summed E-state index contributed by atoms with van der Waals surface area (Å²) in [5, 5.41) is 10.7. The molecule has 0 aliphatic rings. The van der Waals surface area contributed by atoms with Gasteiger partial charge in [0, 0.05) is 18.2 Å². The highest BCUT2D eigenvalue weighted by molar-refractivity contribution is 5.88. The van der Waals surface area contributed by atoms with Crippen LogP contribution in [-0.4, -0.2) is 20.9 Å². The van der Waals surface area contributed by atoms with E-state index in [1.807, 2.05) is 12.1 Å². The Kier molecular flexibility index (Phi) is 3.65. The minimum Gasteiger partial charge on any atom is -0.326 e. The summed E-state index contributed by atoms with van der Waals surface area (Å²) < 4.78 is 15.1. The molecule has 3 rings (SSSR count). The molecule has 0 aliphatic heterocycles. The highest BCUT2D eigenvalue weighted by Crippen LogP contribution is 2.20. The van der Waals surface area contributed by atoms with Crippen molar-refractivity contribution in [2.24, 2.45) is 0 Å². The summed E-state index contributed by atoms with van der Waals surface area (Å²) in [4.78, 5) is 11.0. The van der Waals surface area contributed by atoms with E-state index in [4.69, 9.17) is 0 Å². The standard InChI is InChI=1S/C16H13FN4O/c1-11(22)18-13-8-6-12(7-9-13)15-10-21(20-19-15)16-5-3-2-4-14(16)17/h2-10H,1H3,(H,18,22). The summed E-state index contributed by atoms with van der Waals surface area (Å²) >= 11 is 0. The molecule has 3 aromatic rings. The molecule has 0 spiro atoms. The Bertz CT molecular complexity index is 811. The quantitative estimate of drug-likeness (QED) is 0.808. The highest BCUT2D eigenvalue weighted by atomic mass is 19.1. The van der Waals surface area contributed by atoms with Crippen molar-refractivity contribution in [3.05, 3.63) is 60.5 Å². The number of nitrogens with one attached hydrogen (secondary N) is 1. The highest BCUT2D eigenvalue weighted by Gasteiger charge is 2.08. The molecular weight excluding hydrogens is 283 g/mol. The Balaban J connectivity index is 1.88. The third kappa shape index (κ3) is 2.85. The zero-order valence-electron chi connectivity index (χ0n) is 11.8. The molecule has 1 aromatic heterocycles. The number of carbonyl (C=O) groups is 1. The third-order valence-electron chi connectivity index (χ3n) is 3.09. The fraction of sp³-hybridized carbons (Fsp3) is 0.0625. The first kappa shape index (κ1) is 13.9. The number of nitrogens with zero attached hydrogens (tertiary/aromatic N) is 3. The zero-order valence-corrected chi connectivity index (χ0v) is 11.8. The Labute approximate surface area is 126 Å². The van der Waals surface area contributed by atoms with Crippen LogP contribution >= 0.6 is 0 Å². The lowest BCUT2D eigenvalue weighted by atomic mass is 10.1. The molecule has 0 bridgehead atoms. The van der Waals surface area contributed by atoms with Gasteiger partial charge in [-0.2, -0.15) is 0 Å². The van der Waals surface area contributed by atoms with Crippen molar-refractivity contribution >= 4 is 11.6 Å². The van der Waals surface area contributed by atoms with Crippen molar-refractivity contribution in [1.82, 2.24) is 15.0 Å². The van der Waals surface area contributed by atoms with Gasteiger partial charge in [0.05, 0.1) is 6.20 Å². The van der Waals surface area contributed by atoms with Crippen molar-refractivity contribution in [3.63, 3.8) is 0 Å². The molecule has 0 radical (unpaired) electrons. The molecule has 6 heteroatoms. The van der Waals surface area contributed by atoms with E-state index in [9.17, 15) is 9.18 Å². The first-order valence-electron chi connectivity index (χ1n) is 6.69. The maximum absolute atomic E-state index is 13.7. The van der Waals surface area contributed by atoms with Gasteiger partial charge < -0.3 is 5.32 Å². The maximum atomic E-state index is 13.7. The minimum absolute atomic E-state index is 0.127. The summed E-state index contributed by atoms with van der Waals surface area (Å²) in [5.74, 6) is -0.488. The molecule has 0 atom stereocenters. The summed E-state index contributed by atoms with van der Waals surface area (Å²) in [5.41, 5.74) is 2.50. The lowest BCUT2D eigenvalue weighted by molar-refractivity contribution is -0.114. The SMILES string of the molecule is CC(=O)Nc1ccc(-c2cn(-c3ccccc3F)nn2)cc1. The van der Waals surface area contributed by atoms with Gasteiger partial charge in [0.2, 0.25) is 5.91 Å². The van der Waals surface area contributed by atoms with E-state index in [0.29, 0.717) is 17.1 Å². The van der Waals surface area contributed by atoms with Crippen LogP contribution in [0.2, 0.25) is 0 Å². The molecule has 0 unspecified atom stereocenters. The van der Waals surface area contributed by atoms with Gasteiger partial charge in [0.1, 0.15) is 17.2 Å². The van der Waals surface area contributed by atoms with Crippen LogP contribution in [-0.2, 0) is 4.79 Å². The molecule has 0 fully saturated rings. The number of anilines is 1. The first-order valence-corrected chi connectivity index (χ1v) is 6.69. The molecule has 1 heterocycles. The summed E-state index contributed by atoms with van der Waals surface area (Å²) in [7, 11) is 0. The fourth-order valence-electron chi connectivity index (χ4n) is 2.08. The van der Waals surface area contributed by atoms with Crippen molar-refractivity contribution in [2.75, 3.05) is 5.32 Å². The summed E-state index contributed by atoms with van der Waals surface area (Å²) in [6.45, 7) is 1.45. The van der Waals surface area contributed by atoms with Crippen LogP contribution in [0, 0.1) is 5.82 Å². The monoisotopic (exact) mass is 296 g/mol. The number of para-hydroxylation sites is 1. The van der Waals surface area contributed by atoms with E-state index < -0.39 is 0 Å². The second-order valence-corrected chi connectivity index (χ2v) is 4.76. The number of carbonyl (C=O) groups excluding carboxylic acids is 1. The van der Waals surface area contributed by atoms with Gasteiger partial charge >= 0.3 is 0 Å². The predicted molar refractivity (Wildman–Crippen MR) is 81.1 cm³/mol. The number of benzene rings is 2. The molecule has 0 saturated heterocycles. The maximum Gasteiger partial charge on any atom is 0.221 e. The Morgan fingerprint density at radius 1 is 1.14 bits per heavy atom. The molecule has 5 nitrogen and oxygen atoms in total. The Morgan fingerprint density at radius 2 is 1.86 bits per heavy atom. The molecule has 0 aliphatic carbocycles. The van der Waals surface area contributed by atoms with Crippen LogP contribution in [0.5, 0.6) is 0 Å². The van der Waals surface area contributed by atoms with Gasteiger partial charge in [-0.1, -0.05) is 29.5 Å². The van der Waals surface area contributed by atoms with Gasteiger partial charge in [-0.05, 0) is 24.3 Å². The smallest absolute Gasteiger partial charge is 0.221 e. The van der Waals surface area contributed by atoms with E-state index in [2.05, 4.69) is 15.6 Å². The average molecular weight is 296 g/mol. The van der Waals surface area contributed by atoms with Crippen molar-refractivity contribution in [3.8, 4) is 16.9 Å². The third-order valence-corrected chi connectivity index (χ3v) is 3.09. The predicted octanol–water partition coefficient (Wildman–Crippen LogP) is 3.03. The second-order valence-electron chi connectivity index (χ2n) is 4.76. The molecular formula is C16H13FN4O. The van der Waals surface area contributed by atoms with Gasteiger partial charge in [-0.3, -0.25) is 4.79 Å². The van der Waals surface area contributed by atoms with E-state index in [-0.39, 0.29) is 11.7 Å². The van der Waals surface area contributed by atoms with E-state index in [1.165, 1.54) is 17.7 Å². The number of halogens is 1. The topological polar surface area (TPSA) is 59.8 Å². The van der Waals surface area contributed by atoms with Crippen molar-refractivity contribution < 1.29 is 9.18 Å². The Morgan fingerprint density at radius 3 is 2.55 bits per heavy atom. The zero-order chi connectivity index (χ0) is 15.5. The van der Waals surface area contributed by atoms with Gasteiger partial charge in [-0.15, -0.1) is 5.10 Å². The molecule has 0 saturated carbocycles. The number of aromatic nitrogens is 3. The molecule has 1 N–H and O–H groups in total. The van der Waals surface area contributed by atoms with Crippen LogP contribution in [0.3, 0.4) is 0 Å². The van der Waals surface area contributed by atoms with E-state index in [1.54, 1.807) is 36.5 Å². The molecule has 1 amide bonds. The van der Waals surface area contributed by atoms with Crippen LogP contribution in [0.25, 0.3) is 16.9 Å². The van der Waals surface area contributed by atoms with Crippen molar-refractivity contribution in [1.29, 1.82) is 0 Å². The Hall–Kier alpha value is -3.02. The summed E-state index contributed by atoms with van der Waals surface area (Å²) in [6.07, 6.45) is 1.66. The fourth-order valence-corrected chi connectivity index (χ4v) is 2.08. The van der Waals surface area contributed by atoms with E-state index >= 15 is 0 Å². The lowest BCUT2D eigenvalue weighted by Gasteiger charge is -2.02. The number of hydrogen-bond acceptors (Lipinski definition) is 3. The summed E-state index contributed by atoms with van der Waals surface area (Å²) in [6, 6.07) is 13.6.